The number of aryl methyl sites for hydroxylation is 2. The Morgan fingerprint density at radius 3 is 2.88 bits per heavy atom. The molecular formula is C11H10N4S. The molecule has 5 heteroatoms. The average molecular weight is 230 g/mol. The quantitative estimate of drug-likeness (QED) is 0.793. The zero-order chi connectivity index (χ0) is 11.5. The molecule has 0 atom stereocenters. The predicted octanol–water partition coefficient (Wildman–Crippen LogP) is 2.15. The van der Waals surface area contributed by atoms with Gasteiger partial charge in [0.15, 0.2) is 0 Å². The van der Waals surface area contributed by atoms with Crippen LogP contribution in [0.4, 0.5) is 0 Å². The maximum Gasteiger partial charge on any atom is 0.141 e. The Hall–Kier alpha value is -1.80. The van der Waals surface area contributed by atoms with Gasteiger partial charge in [-0.1, -0.05) is 17.8 Å². The number of hydrogen-bond acceptors (Lipinski definition) is 4. The largest absolute Gasteiger partial charge is 0.261 e. The van der Waals surface area contributed by atoms with Crippen LogP contribution in [0.25, 0.3) is 0 Å². The minimum absolute atomic E-state index is 0.434. The van der Waals surface area contributed by atoms with Crippen molar-refractivity contribution < 1.29 is 0 Å². The smallest absolute Gasteiger partial charge is 0.141 e. The molecule has 0 N–H and O–H groups in total. The third-order valence-electron chi connectivity index (χ3n) is 2.01. The van der Waals surface area contributed by atoms with Gasteiger partial charge in [-0.25, -0.2) is 4.98 Å². The molecule has 0 aromatic carbocycles. The molecule has 0 radical (unpaired) electrons. The van der Waals surface area contributed by atoms with Gasteiger partial charge >= 0.3 is 0 Å². The lowest BCUT2D eigenvalue weighted by Gasteiger charge is -2.00. The molecule has 0 saturated carbocycles. The van der Waals surface area contributed by atoms with Crippen LogP contribution >= 0.6 is 11.8 Å². The molecule has 16 heavy (non-hydrogen) atoms. The highest BCUT2D eigenvalue weighted by Crippen LogP contribution is 2.25. The molecule has 0 aliphatic rings. The van der Waals surface area contributed by atoms with Crippen molar-refractivity contribution in [3.05, 3.63) is 35.7 Å². The third-order valence-corrected chi connectivity index (χ3v) is 3.03. The summed E-state index contributed by atoms with van der Waals surface area (Å²) in [6.45, 7) is 1.95. The van der Waals surface area contributed by atoms with Crippen LogP contribution < -0.4 is 0 Å². The van der Waals surface area contributed by atoms with Crippen molar-refractivity contribution in [2.45, 2.75) is 17.0 Å². The van der Waals surface area contributed by atoms with E-state index in [0.717, 1.165) is 15.7 Å². The van der Waals surface area contributed by atoms with Gasteiger partial charge in [-0.05, 0) is 25.1 Å². The number of nitrogens with zero attached hydrogens (tertiary/aromatic N) is 4. The molecule has 0 aliphatic heterocycles. The highest BCUT2D eigenvalue weighted by Gasteiger charge is 2.05. The number of nitriles is 1. The lowest BCUT2D eigenvalue weighted by molar-refractivity contribution is 0.692. The first-order chi connectivity index (χ1) is 7.69. The molecule has 0 amide bonds. The van der Waals surface area contributed by atoms with Crippen LogP contribution in [0.5, 0.6) is 0 Å². The molecule has 2 heterocycles. The van der Waals surface area contributed by atoms with Gasteiger partial charge in [-0.2, -0.15) is 10.4 Å². The number of rotatable bonds is 2. The predicted molar refractivity (Wildman–Crippen MR) is 61.0 cm³/mol. The standard InChI is InChI=1S/C11H10N4S/c1-8-6-11(15(2)14-8)16-10-5-3-4-9(7-12)13-10/h3-6H,1-2H3. The monoisotopic (exact) mass is 230 g/mol. The van der Waals surface area contributed by atoms with Crippen LogP contribution in [-0.4, -0.2) is 14.8 Å². The number of hydrogen-bond donors (Lipinski definition) is 0. The van der Waals surface area contributed by atoms with Crippen molar-refractivity contribution in [3.8, 4) is 6.07 Å². The van der Waals surface area contributed by atoms with Crippen LogP contribution in [0.3, 0.4) is 0 Å². The van der Waals surface area contributed by atoms with Gasteiger partial charge < -0.3 is 0 Å². The van der Waals surface area contributed by atoms with Gasteiger partial charge in [0.2, 0.25) is 0 Å². The minimum atomic E-state index is 0.434. The van der Waals surface area contributed by atoms with E-state index in [-0.39, 0.29) is 0 Å². The van der Waals surface area contributed by atoms with E-state index >= 15 is 0 Å². The molecule has 2 rings (SSSR count). The van der Waals surface area contributed by atoms with Crippen molar-refractivity contribution in [2.75, 3.05) is 0 Å². The molecule has 2 aromatic rings. The van der Waals surface area contributed by atoms with Crippen LogP contribution in [-0.2, 0) is 7.05 Å². The van der Waals surface area contributed by atoms with E-state index in [1.165, 1.54) is 11.8 Å². The average Bonchev–Trinajstić information content (AvgIpc) is 2.58. The molecule has 4 nitrogen and oxygen atoms in total. The topological polar surface area (TPSA) is 54.5 Å². The molecule has 2 aromatic heterocycles. The molecule has 0 saturated heterocycles. The van der Waals surface area contributed by atoms with Crippen LogP contribution in [0.2, 0.25) is 0 Å². The first-order valence-corrected chi connectivity index (χ1v) is 5.56. The molecular weight excluding hydrogens is 220 g/mol. The second-order valence-corrected chi connectivity index (χ2v) is 4.36. The normalized spacial score (nSPS) is 10.1. The summed E-state index contributed by atoms with van der Waals surface area (Å²) in [6.07, 6.45) is 0. The lowest BCUT2D eigenvalue weighted by atomic mass is 10.4. The van der Waals surface area contributed by atoms with E-state index in [2.05, 4.69) is 10.1 Å². The summed E-state index contributed by atoms with van der Waals surface area (Å²) in [4.78, 5) is 4.20. The van der Waals surface area contributed by atoms with Crippen LogP contribution in [0.1, 0.15) is 11.4 Å². The number of pyridine rings is 1. The third kappa shape index (κ3) is 2.23. The van der Waals surface area contributed by atoms with Crippen LogP contribution in [0.15, 0.2) is 34.3 Å². The summed E-state index contributed by atoms with van der Waals surface area (Å²) in [5.41, 5.74) is 1.41. The van der Waals surface area contributed by atoms with Crippen LogP contribution in [0, 0.1) is 18.3 Å². The Morgan fingerprint density at radius 2 is 2.25 bits per heavy atom. The molecule has 0 fully saturated rings. The Bertz CT molecular complexity index is 553. The maximum absolute atomic E-state index is 8.75. The fourth-order valence-electron chi connectivity index (χ4n) is 1.32. The summed E-state index contributed by atoms with van der Waals surface area (Å²) < 4.78 is 1.81. The van der Waals surface area contributed by atoms with E-state index in [0.29, 0.717) is 5.69 Å². The second-order valence-electron chi connectivity index (χ2n) is 3.32. The molecule has 0 bridgehead atoms. The van der Waals surface area contributed by atoms with Gasteiger partial charge in [0, 0.05) is 7.05 Å². The zero-order valence-electron chi connectivity index (χ0n) is 9.01. The fourth-order valence-corrected chi connectivity index (χ4v) is 2.23. The summed E-state index contributed by atoms with van der Waals surface area (Å²) in [5.74, 6) is 0. The SMILES string of the molecule is Cc1cc(Sc2cccc(C#N)n2)n(C)n1. The van der Waals surface area contributed by atoms with Gasteiger partial charge in [0.05, 0.1) is 5.69 Å². The zero-order valence-corrected chi connectivity index (χ0v) is 9.82. The molecule has 0 spiro atoms. The van der Waals surface area contributed by atoms with Crippen molar-refractivity contribution >= 4 is 11.8 Å². The molecule has 80 valence electrons. The summed E-state index contributed by atoms with van der Waals surface area (Å²) in [5, 5.41) is 14.8. The first kappa shape index (κ1) is 10.7. The summed E-state index contributed by atoms with van der Waals surface area (Å²) in [6, 6.07) is 9.42. The fraction of sp³-hybridized carbons (Fsp3) is 0.182. The Kier molecular flexibility index (Phi) is 2.93. The summed E-state index contributed by atoms with van der Waals surface area (Å²) >= 11 is 1.50. The highest BCUT2D eigenvalue weighted by atomic mass is 32.2. The van der Waals surface area contributed by atoms with Crippen molar-refractivity contribution in [3.63, 3.8) is 0 Å². The van der Waals surface area contributed by atoms with E-state index in [1.54, 1.807) is 10.7 Å². The van der Waals surface area contributed by atoms with Crippen molar-refractivity contribution in [2.24, 2.45) is 7.05 Å². The van der Waals surface area contributed by atoms with E-state index in [9.17, 15) is 0 Å². The van der Waals surface area contributed by atoms with Gasteiger partial charge in [-0.15, -0.1) is 0 Å². The Balaban J connectivity index is 2.27. The van der Waals surface area contributed by atoms with Gasteiger partial charge in [0.25, 0.3) is 0 Å². The van der Waals surface area contributed by atoms with Gasteiger partial charge in [-0.3, -0.25) is 4.68 Å². The van der Waals surface area contributed by atoms with E-state index < -0.39 is 0 Å². The summed E-state index contributed by atoms with van der Waals surface area (Å²) in [7, 11) is 1.89. The molecule has 0 aliphatic carbocycles. The van der Waals surface area contributed by atoms with Gasteiger partial charge in [0.1, 0.15) is 21.8 Å². The number of aromatic nitrogens is 3. The van der Waals surface area contributed by atoms with E-state index in [1.807, 2.05) is 38.2 Å². The second kappa shape index (κ2) is 4.37. The molecule has 0 unspecified atom stereocenters. The van der Waals surface area contributed by atoms with Crippen molar-refractivity contribution in [1.29, 1.82) is 5.26 Å². The Labute approximate surface area is 97.9 Å². The van der Waals surface area contributed by atoms with E-state index in [4.69, 9.17) is 5.26 Å². The highest BCUT2D eigenvalue weighted by molar-refractivity contribution is 7.99. The lowest BCUT2D eigenvalue weighted by Crippen LogP contribution is -1.93. The minimum Gasteiger partial charge on any atom is -0.261 e. The maximum atomic E-state index is 8.75. The first-order valence-electron chi connectivity index (χ1n) is 4.74. The Morgan fingerprint density at radius 1 is 1.44 bits per heavy atom. The van der Waals surface area contributed by atoms with Crippen molar-refractivity contribution in [1.82, 2.24) is 14.8 Å².